The van der Waals surface area contributed by atoms with Crippen LogP contribution in [-0.2, 0) is 0 Å². The molecule has 27 heavy (non-hydrogen) atoms. The van der Waals surface area contributed by atoms with E-state index >= 15 is 0 Å². The van der Waals surface area contributed by atoms with Gasteiger partial charge >= 0.3 is 0 Å². The van der Waals surface area contributed by atoms with Gasteiger partial charge in [-0.2, -0.15) is 0 Å². The number of thiazole rings is 1. The molecule has 144 valence electrons. The molecule has 0 spiro atoms. The highest BCUT2D eigenvalue weighted by Crippen LogP contribution is 2.30. The Bertz CT molecular complexity index is 917. The molecule has 0 radical (unpaired) electrons. The molecular weight excluding hydrogens is 453 g/mol. The predicted molar refractivity (Wildman–Crippen MR) is 116 cm³/mol. The molecule has 0 atom stereocenters. The van der Waals surface area contributed by atoms with Crippen molar-refractivity contribution in [3.05, 3.63) is 58.3 Å². The summed E-state index contributed by atoms with van der Waals surface area (Å²) in [6.45, 7) is 1.42. The number of anilines is 1. The summed E-state index contributed by atoms with van der Waals surface area (Å²) in [7, 11) is 4.00. The van der Waals surface area contributed by atoms with Gasteiger partial charge in [-0.05, 0) is 69.5 Å². The molecule has 1 amide bonds. The van der Waals surface area contributed by atoms with Crippen molar-refractivity contribution in [2.24, 2.45) is 0 Å². The largest absolute Gasteiger partial charge is 0.309 e. The first kappa shape index (κ1) is 21.8. The average molecular weight is 473 g/mol. The Labute approximate surface area is 176 Å². The molecule has 1 heterocycles. The predicted octanol–water partition coefficient (Wildman–Crippen LogP) is 5.22. The number of amides is 1. The third kappa shape index (κ3) is 5.48. The van der Waals surface area contributed by atoms with E-state index in [0.717, 1.165) is 22.1 Å². The van der Waals surface area contributed by atoms with E-state index in [1.165, 1.54) is 23.5 Å². The van der Waals surface area contributed by atoms with Gasteiger partial charge < -0.3 is 4.90 Å². The number of benzene rings is 2. The molecule has 0 N–H and O–H groups in total. The van der Waals surface area contributed by atoms with Crippen molar-refractivity contribution in [3.8, 4) is 0 Å². The van der Waals surface area contributed by atoms with E-state index in [1.54, 1.807) is 23.1 Å². The Hall–Kier alpha value is -1.54. The molecule has 3 rings (SSSR count). The van der Waals surface area contributed by atoms with Crippen LogP contribution >= 0.6 is 39.7 Å². The van der Waals surface area contributed by atoms with Gasteiger partial charge in [0.1, 0.15) is 5.82 Å². The quantitative estimate of drug-likeness (QED) is 0.494. The zero-order chi connectivity index (χ0) is 18.7. The fourth-order valence-corrected chi connectivity index (χ4v) is 3.86. The van der Waals surface area contributed by atoms with E-state index in [0.29, 0.717) is 22.8 Å². The molecule has 0 aliphatic heterocycles. The van der Waals surface area contributed by atoms with E-state index in [9.17, 15) is 9.18 Å². The zero-order valence-electron chi connectivity index (χ0n) is 15.0. The van der Waals surface area contributed by atoms with Crippen molar-refractivity contribution in [2.75, 3.05) is 32.1 Å². The third-order valence-electron chi connectivity index (χ3n) is 3.89. The molecule has 0 saturated carbocycles. The first-order valence-electron chi connectivity index (χ1n) is 8.22. The minimum absolute atomic E-state index is 0. The standard InChI is InChI=1S/C19H19BrFN3OS.ClH/c1-23(2)10-3-11-24(18(25)13-4-6-14(20)7-5-13)19-22-16-9-8-15(21)12-17(16)26-19;/h4-9,12H,3,10-11H2,1-2H3;1H. The zero-order valence-corrected chi connectivity index (χ0v) is 18.2. The molecule has 0 saturated heterocycles. The number of nitrogens with zero attached hydrogens (tertiary/aromatic N) is 3. The van der Waals surface area contributed by atoms with Crippen LogP contribution in [0.25, 0.3) is 10.2 Å². The van der Waals surface area contributed by atoms with E-state index in [1.807, 2.05) is 26.2 Å². The van der Waals surface area contributed by atoms with Gasteiger partial charge in [0, 0.05) is 16.6 Å². The smallest absolute Gasteiger partial charge is 0.260 e. The lowest BCUT2D eigenvalue weighted by Gasteiger charge is -2.21. The summed E-state index contributed by atoms with van der Waals surface area (Å²) in [5.41, 5.74) is 1.30. The fraction of sp³-hybridized carbons (Fsp3) is 0.263. The molecule has 2 aromatic carbocycles. The van der Waals surface area contributed by atoms with E-state index in [2.05, 4.69) is 25.8 Å². The Morgan fingerprint density at radius 2 is 1.85 bits per heavy atom. The summed E-state index contributed by atoms with van der Waals surface area (Å²) in [5.74, 6) is -0.401. The summed E-state index contributed by atoms with van der Waals surface area (Å²) in [6, 6.07) is 11.8. The second kappa shape index (κ2) is 9.59. The second-order valence-electron chi connectivity index (χ2n) is 6.23. The Morgan fingerprint density at radius 1 is 1.15 bits per heavy atom. The molecule has 0 unspecified atom stereocenters. The number of carbonyl (C=O) groups is 1. The first-order chi connectivity index (χ1) is 12.4. The maximum Gasteiger partial charge on any atom is 0.260 e. The van der Waals surface area contributed by atoms with Crippen LogP contribution in [0.3, 0.4) is 0 Å². The van der Waals surface area contributed by atoms with Crippen LogP contribution in [0, 0.1) is 5.82 Å². The van der Waals surface area contributed by atoms with E-state index in [4.69, 9.17) is 0 Å². The molecule has 0 aliphatic carbocycles. The van der Waals surface area contributed by atoms with Crippen LogP contribution in [0.1, 0.15) is 16.8 Å². The number of carbonyl (C=O) groups excluding carboxylic acids is 1. The molecule has 1 aromatic heterocycles. The summed E-state index contributed by atoms with van der Waals surface area (Å²) >= 11 is 4.72. The van der Waals surface area contributed by atoms with Crippen molar-refractivity contribution in [3.63, 3.8) is 0 Å². The van der Waals surface area contributed by atoms with Crippen LogP contribution in [0.5, 0.6) is 0 Å². The average Bonchev–Trinajstić information content (AvgIpc) is 3.01. The van der Waals surface area contributed by atoms with Gasteiger partial charge in [-0.15, -0.1) is 12.4 Å². The SMILES string of the molecule is CN(C)CCCN(C(=O)c1ccc(Br)cc1)c1nc2ccc(F)cc2s1.Cl. The highest BCUT2D eigenvalue weighted by Gasteiger charge is 2.21. The van der Waals surface area contributed by atoms with Crippen LogP contribution < -0.4 is 4.90 Å². The molecule has 4 nitrogen and oxygen atoms in total. The molecule has 0 bridgehead atoms. The number of aromatic nitrogens is 1. The van der Waals surface area contributed by atoms with E-state index < -0.39 is 0 Å². The van der Waals surface area contributed by atoms with Gasteiger partial charge in [-0.1, -0.05) is 27.3 Å². The van der Waals surface area contributed by atoms with E-state index in [-0.39, 0.29) is 24.1 Å². The molecule has 0 fully saturated rings. The number of rotatable bonds is 6. The minimum atomic E-state index is -0.300. The third-order valence-corrected chi connectivity index (χ3v) is 5.46. The fourth-order valence-electron chi connectivity index (χ4n) is 2.58. The highest BCUT2D eigenvalue weighted by molar-refractivity contribution is 9.10. The maximum atomic E-state index is 13.5. The lowest BCUT2D eigenvalue weighted by Crippen LogP contribution is -2.33. The molecule has 3 aromatic rings. The van der Waals surface area contributed by atoms with Crippen LogP contribution in [-0.4, -0.2) is 43.0 Å². The molecule has 8 heteroatoms. The highest BCUT2D eigenvalue weighted by atomic mass is 79.9. The normalized spacial score (nSPS) is 10.9. The number of hydrogen-bond donors (Lipinski definition) is 0. The van der Waals surface area contributed by atoms with Crippen LogP contribution in [0.2, 0.25) is 0 Å². The lowest BCUT2D eigenvalue weighted by atomic mass is 10.2. The van der Waals surface area contributed by atoms with Gasteiger partial charge in [0.05, 0.1) is 10.2 Å². The number of hydrogen-bond acceptors (Lipinski definition) is 4. The van der Waals surface area contributed by atoms with Gasteiger partial charge in [0.2, 0.25) is 0 Å². The first-order valence-corrected chi connectivity index (χ1v) is 9.83. The lowest BCUT2D eigenvalue weighted by molar-refractivity contribution is 0.0986. The van der Waals surface area contributed by atoms with Crippen LogP contribution in [0.4, 0.5) is 9.52 Å². The Morgan fingerprint density at radius 3 is 2.52 bits per heavy atom. The van der Waals surface area contributed by atoms with Crippen molar-refractivity contribution in [1.82, 2.24) is 9.88 Å². The van der Waals surface area contributed by atoms with Crippen molar-refractivity contribution >= 4 is 60.9 Å². The van der Waals surface area contributed by atoms with Crippen molar-refractivity contribution in [1.29, 1.82) is 0 Å². The summed E-state index contributed by atoms with van der Waals surface area (Å²) in [4.78, 5) is 21.4. The minimum Gasteiger partial charge on any atom is -0.309 e. The molecule has 0 aliphatic rings. The summed E-state index contributed by atoms with van der Waals surface area (Å²) in [5, 5.41) is 0.595. The van der Waals surface area contributed by atoms with Gasteiger partial charge in [0.15, 0.2) is 5.13 Å². The Balaban J connectivity index is 0.00000261. The summed E-state index contributed by atoms with van der Waals surface area (Å²) in [6.07, 6.45) is 0.819. The van der Waals surface area contributed by atoms with Crippen molar-refractivity contribution in [2.45, 2.75) is 6.42 Å². The summed E-state index contributed by atoms with van der Waals surface area (Å²) < 4.78 is 15.1. The maximum absolute atomic E-state index is 13.5. The number of halogens is 3. The number of fused-ring (bicyclic) bond motifs is 1. The monoisotopic (exact) mass is 471 g/mol. The van der Waals surface area contributed by atoms with Gasteiger partial charge in [-0.3, -0.25) is 9.69 Å². The topological polar surface area (TPSA) is 36.4 Å². The Kier molecular flexibility index (Phi) is 7.73. The van der Waals surface area contributed by atoms with Gasteiger partial charge in [0.25, 0.3) is 5.91 Å². The van der Waals surface area contributed by atoms with Crippen LogP contribution in [0.15, 0.2) is 46.9 Å². The van der Waals surface area contributed by atoms with Gasteiger partial charge in [-0.25, -0.2) is 9.37 Å². The van der Waals surface area contributed by atoms with Crippen molar-refractivity contribution < 1.29 is 9.18 Å². The second-order valence-corrected chi connectivity index (χ2v) is 8.15. The molecular formula is C19H20BrClFN3OS.